The topological polar surface area (TPSA) is 203 Å². The monoisotopic (exact) mass is 930 g/mol. The third-order valence-corrected chi connectivity index (χ3v) is 13.6. The molecular formula is C50H54N6O8S2. The van der Waals surface area contributed by atoms with E-state index in [1.165, 1.54) is 28.5 Å². The van der Waals surface area contributed by atoms with Gasteiger partial charge in [-0.3, -0.25) is 19.2 Å². The number of β-amino-alcohol motifs (C(OH)–C–C–N with tert-alkyl or cyclic N) is 1. The number of likely N-dealkylation sites (tertiary alicyclic amines) is 1. The number of amides is 4. The van der Waals surface area contributed by atoms with Gasteiger partial charge in [-0.05, 0) is 121 Å². The maximum Gasteiger partial charge on any atom is 0.273 e. The first-order valence-electron chi connectivity index (χ1n) is 21.8. The SMILES string of the molecule is Cc1ncsc1-c1ccc(C(C)NC(=O)C2CC(O)CN2C(=O)C(NC(=O)CCCCOc2ccc(C=NNC(=O)c3c(-c4ccc(O)cc4)sc4cc(O)ccc34)cc2)C(C)(C)C)cc1. The van der Waals surface area contributed by atoms with E-state index in [9.17, 15) is 34.5 Å². The lowest BCUT2D eigenvalue weighted by Crippen LogP contribution is -2.57. The molecule has 16 heteroatoms. The number of carbonyl (C=O) groups excluding carboxylic acids is 4. The second-order valence-electron chi connectivity index (χ2n) is 17.5. The van der Waals surface area contributed by atoms with E-state index in [1.54, 1.807) is 72.0 Å². The molecule has 2 aromatic heterocycles. The van der Waals surface area contributed by atoms with Crippen molar-refractivity contribution >= 4 is 62.6 Å². The number of phenols is 2. The molecule has 1 aliphatic rings. The fourth-order valence-corrected chi connectivity index (χ4v) is 9.87. The maximum absolute atomic E-state index is 14.1. The molecule has 0 saturated carbocycles. The number of aliphatic hydroxyl groups excluding tert-OH is 1. The van der Waals surface area contributed by atoms with Gasteiger partial charge >= 0.3 is 0 Å². The first kappa shape index (κ1) is 47.3. The van der Waals surface area contributed by atoms with Gasteiger partial charge in [0.2, 0.25) is 17.7 Å². The molecule has 4 amide bonds. The molecule has 3 heterocycles. The molecule has 0 spiro atoms. The number of benzene rings is 4. The van der Waals surface area contributed by atoms with Gasteiger partial charge in [0, 0.05) is 34.3 Å². The molecule has 6 N–H and O–H groups in total. The zero-order valence-corrected chi connectivity index (χ0v) is 39.0. The second kappa shape index (κ2) is 20.7. The summed E-state index contributed by atoms with van der Waals surface area (Å²) in [7, 11) is 0. The number of aromatic hydroxyl groups is 2. The molecule has 6 aromatic rings. The Bertz CT molecular complexity index is 2710. The zero-order valence-electron chi connectivity index (χ0n) is 37.4. The van der Waals surface area contributed by atoms with E-state index in [2.05, 4.69) is 26.1 Å². The number of hydrogen-bond acceptors (Lipinski definition) is 12. The summed E-state index contributed by atoms with van der Waals surface area (Å²) in [5, 5.41) is 41.2. The number of thiophene rings is 1. The fraction of sp³-hybridized carbons (Fsp3) is 0.320. The highest BCUT2D eigenvalue weighted by atomic mass is 32.1. The van der Waals surface area contributed by atoms with E-state index in [0.717, 1.165) is 37.5 Å². The quantitative estimate of drug-likeness (QED) is 0.0315. The van der Waals surface area contributed by atoms with Crippen molar-refractivity contribution < 1.29 is 39.2 Å². The van der Waals surface area contributed by atoms with Gasteiger partial charge in [-0.1, -0.05) is 45.0 Å². The standard InChI is InChI=1S/C50H54N6O8S2/c1-29(32-11-13-33(14-12-32)44-30(2)51-28-65-44)53-47(61)40-24-37(59)27-56(40)49(63)46(50(3,4)5)54-42(60)8-6-7-23-64-38-20-9-31(10-21-38)26-52-55-48(62)43-39-22-19-36(58)25-41(39)66-45(43)34-15-17-35(57)18-16-34/h9-22,25-26,28-29,37,40,46,57-59H,6-8,23-24,27H2,1-5H3,(H,53,61)(H,54,60)(H,55,62). The summed E-state index contributed by atoms with van der Waals surface area (Å²) in [6.45, 7) is 9.75. The van der Waals surface area contributed by atoms with E-state index in [0.29, 0.717) is 41.0 Å². The summed E-state index contributed by atoms with van der Waals surface area (Å²) in [6, 6.07) is 24.3. The van der Waals surface area contributed by atoms with E-state index in [1.807, 2.05) is 64.4 Å². The number of unbranched alkanes of at least 4 members (excludes halogenated alkanes) is 1. The molecule has 4 aromatic carbocycles. The van der Waals surface area contributed by atoms with Crippen LogP contribution in [0.3, 0.4) is 0 Å². The number of hydrazone groups is 1. The number of nitrogens with zero attached hydrogens (tertiary/aromatic N) is 3. The van der Waals surface area contributed by atoms with Gasteiger partial charge in [0.15, 0.2) is 0 Å². The Kier molecular flexibility index (Phi) is 14.8. The number of hydrogen-bond donors (Lipinski definition) is 6. The summed E-state index contributed by atoms with van der Waals surface area (Å²) in [5.41, 5.74) is 8.52. The molecule has 1 fully saturated rings. The molecule has 344 valence electrons. The third-order valence-electron chi connectivity index (χ3n) is 11.4. The molecule has 1 saturated heterocycles. The van der Waals surface area contributed by atoms with Crippen LogP contribution >= 0.6 is 22.7 Å². The predicted molar refractivity (Wildman–Crippen MR) is 258 cm³/mol. The van der Waals surface area contributed by atoms with Crippen LogP contribution in [0.2, 0.25) is 0 Å². The summed E-state index contributed by atoms with van der Waals surface area (Å²) in [5.74, 6) is -0.687. The van der Waals surface area contributed by atoms with E-state index in [-0.39, 0.29) is 48.7 Å². The smallest absolute Gasteiger partial charge is 0.273 e. The van der Waals surface area contributed by atoms with Crippen LogP contribution in [0, 0.1) is 12.3 Å². The first-order chi connectivity index (χ1) is 31.5. The van der Waals surface area contributed by atoms with Gasteiger partial charge in [0.05, 0.1) is 46.6 Å². The molecule has 0 bridgehead atoms. The van der Waals surface area contributed by atoms with E-state index in [4.69, 9.17) is 4.74 Å². The molecule has 66 heavy (non-hydrogen) atoms. The number of phenolic OH excluding ortho intramolecular Hbond substituents is 2. The van der Waals surface area contributed by atoms with E-state index < -0.39 is 35.4 Å². The van der Waals surface area contributed by atoms with Gasteiger partial charge in [0.25, 0.3) is 5.91 Å². The second-order valence-corrected chi connectivity index (χ2v) is 19.4. The van der Waals surface area contributed by atoms with Gasteiger partial charge < -0.3 is 35.6 Å². The van der Waals surface area contributed by atoms with Crippen molar-refractivity contribution in [2.75, 3.05) is 13.2 Å². The summed E-state index contributed by atoms with van der Waals surface area (Å²) >= 11 is 2.93. The highest BCUT2D eigenvalue weighted by molar-refractivity contribution is 7.22. The van der Waals surface area contributed by atoms with Crippen LogP contribution in [0.1, 0.15) is 86.6 Å². The van der Waals surface area contributed by atoms with Gasteiger partial charge in [-0.2, -0.15) is 5.10 Å². The molecule has 1 aliphatic heterocycles. The van der Waals surface area contributed by atoms with Crippen molar-refractivity contribution in [2.24, 2.45) is 10.5 Å². The summed E-state index contributed by atoms with van der Waals surface area (Å²) in [4.78, 5) is 61.9. The Balaban J connectivity index is 0.865. The lowest BCUT2D eigenvalue weighted by Gasteiger charge is -2.35. The van der Waals surface area contributed by atoms with Crippen molar-refractivity contribution in [3.05, 3.63) is 119 Å². The van der Waals surface area contributed by atoms with Crippen LogP contribution < -0.4 is 20.8 Å². The van der Waals surface area contributed by atoms with Crippen LogP contribution in [-0.2, 0) is 14.4 Å². The van der Waals surface area contributed by atoms with E-state index >= 15 is 0 Å². The Labute approximate surface area is 391 Å². The Morgan fingerprint density at radius 1 is 0.909 bits per heavy atom. The number of aryl methyl sites for hydroxylation is 1. The summed E-state index contributed by atoms with van der Waals surface area (Å²) < 4.78 is 6.64. The van der Waals surface area contributed by atoms with Crippen molar-refractivity contribution in [1.29, 1.82) is 0 Å². The summed E-state index contributed by atoms with van der Waals surface area (Å²) in [6.07, 6.45) is 1.98. The van der Waals surface area contributed by atoms with Crippen molar-refractivity contribution in [2.45, 2.75) is 84.5 Å². The van der Waals surface area contributed by atoms with Gasteiger partial charge in [-0.25, -0.2) is 10.4 Å². The van der Waals surface area contributed by atoms with Crippen molar-refractivity contribution in [3.63, 3.8) is 0 Å². The molecular weight excluding hydrogens is 877 g/mol. The molecule has 4 unspecified atom stereocenters. The lowest BCUT2D eigenvalue weighted by molar-refractivity contribution is -0.144. The van der Waals surface area contributed by atoms with Crippen LogP contribution in [0.4, 0.5) is 0 Å². The molecule has 0 aliphatic carbocycles. The largest absolute Gasteiger partial charge is 0.508 e. The molecule has 14 nitrogen and oxygen atoms in total. The molecule has 4 atom stereocenters. The number of thiazole rings is 1. The number of nitrogens with one attached hydrogen (secondary N) is 3. The number of aromatic nitrogens is 1. The van der Waals surface area contributed by atoms with Crippen molar-refractivity contribution in [3.8, 4) is 38.1 Å². The first-order valence-corrected chi connectivity index (χ1v) is 23.4. The third kappa shape index (κ3) is 11.4. The highest BCUT2D eigenvalue weighted by Crippen LogP contribution is 2.40. The fourth-order valence-electron chi connectivity index (χ4n) is 7.82. The van der Waals surface area contributed by atoms with Crippen LogP contribution in [-0.4, -0.2) is 86.4 Å². The predicted octanol–water partition coefficient (Wildman–Crippen LogP) is 8.09. The average Bonchev–Trinajstić information content (AvgIpc) is 4.01. The number of rotatable bonds is 16. The van der Waals surface area contributed by atoms with Crippen LogP contribution in [0.15, 0.2) is 102 Å². The van der Waals surface area contributed by atoms with Crippen LogP contribution in [0.5, 0.6) is 17.2 Å². The zero-order chi connectivity index (χ0) is 47.1. The number of carbonyl (C=O) groups is 4. The number of fused-ring (bicyclic) bond motifs is 1. The number of aliphatic hydroxyl groups is 1. The Morgan fingerprint density at radius 2 is 1.59 bits per heavy atom. The molecule has 0 radical (unpaired) electrons. The normalized spacial score (nSPS) is 16.0. The van der Waals surface area contributed by atoms with Crippen LogP contribution in [0.25, 0.3) is 31.0 Å². The Hall–Kier alpha value is -6.62. The van der Waals surface area contributed by atoms with Gasteiger partial charge in [-0.15, -0.1) is 22.7 Å². The lowest BCUT2D eigenvalue weighted by atomic mass is 9.85. The van der Waals surface area contributed by atoms with Crippen molar-refractivity contribution in [1.82, 2.24) is 25.9 Å². The Morgan fingerprint density at radius 3 is 2.27 bits per heavy atom. The maximum atomic E-state index is 14.1. The highest BCUT2D eigenvalue weighted by Gasteiger charge is 2.44. The minimum atomic E-state index is -0.925. The minimum Gasteiger partial charge on any atom is -0.508 e. The van der Waals surface area contributed by atoms with Gasteiger partial charge in [0.1, 0.15) is 29.3 Å². The number of ether oxygens (including phenoxy) is 1. The minimum absolute atomic E-state index is 0.0113. The average molecular weight is 931 g/mol. The molecule has 7 rings (SSSR count).